The van der Waals surface area contributed by atoms with Crippen LogP contribution in [0.5, 0.6) is 5.75 Å². The fraction of sp³-hybridized carbons (Fsp3) is 0.222. The number of hydrogen-bond acceptors (Lipinski definition) is 4. The molecule has 2 N–H and O–H groups in total. The van der Waals surface area contributed by atoms with Crippen molar-refractivity contribution in [3.63, 3.8) is 0 Å². The Morgan fingerprint density at radius 2 is 1.61 bits per heavy atom. The molecule has 1 heterocycles. The first kappa shape index (κ1) is 22.1. The Labute approximate surface area is 193 Å². The first-order chi connectivity index (χ1) is 16.0. The fourth-order valence-electron chi connectivity index (χ4n) is 4.14. The van der Waals surface area contributed by atoms with Crippen molar-refractivity contribution in [1.82, 2.24) is 4.90 Å². The molecule has 3 aromatic rings. The molecule has 1 unspecified atom stereocenters. The number of primary amides is 1. The summed E-state index contributed by atoms with van der Waals surface area (Å²) in [4.78, 5) is 27.1. The molecule has 6 heteroatoms. The lowest BCUT2D eigenvalue weighted by atomic mass is 9.93. The lowest BCUT2D eigenvalue weighted by Crippen LogP contribution is -2.46. The average molecular weight is 440 g/mol. The number of carbonyl (C=O) groups is 2. The molecule has 3 aromatic carbocycles. The number of benzene rings is 3. The molecule has 1 aliphatic heterocycles. The van der Waals surface area contributed by atoms with Gasteiger partial charge in [-0.15, -0.1) is 0 Å². The Kier molecular flexibility index (Phi) is 6.70. The van der Waals surface area contributed by atoms with Crippen LogP contribution in [0.1, 0.15) is 29.9 Å². The Balaban J connectivity index is 1.40. The Bertz CT molecular complexity index is 1160. The zero-order valence-corrected chi connectivity index (χ0v) is 18.2. The van der Waals surface area contributed by atoms with Crippen LogP contribution >= 0.6 is 0 Å². The Hall–Kier alpha value is -4.11. The number of nitriles is 1. The third kappa shape index (κ3) is 5.21. The number of carbonyl (C=O) groups excluding carboxylic acids is 2. The van der Waals surface area contributed by atoms with E-state index in [-0.39, 0.29) is 12.0 Å². The molecule has 1 atom stereocenters. The summed E-state index contributed by atoms with van der Waals surface area (Å²) in [5, 5.41) is 9.04. The Morgan fingerprint density at radius 3 is 2.24 bits per heavy atom. The van der Waals surface area contributed by atoms with Gasteiger partial charge in [0.1, 0.15) is 17.8 Å². The van der Waals surface area contributed by atoms with Gasteiger partial charge in [-0.25, -0.2) is 0 Å². The van der Waals surface area contributed by atoms with Crippen molar-refractivity contribution in [2.24, 2.45) is 5.73 Å². The van der Waals surface area contributed by atoms with E-state index in [9.17, 15) is 9.59 Å². The summed E-state index contributed by atoms with van der Waals surface area (Å²) in [5.74, 6) is -1.30. The molecule has 0 aromatic heterocycles. The van der Waals surface area contributed by atoms with Gasteiger partial charge in [-0.3, -0.25) is 9.59 Å². The number of likely N-dealkylation sites (tertiary alicyclic amines) is 1. The van der Waals surface area contributed by atoms with E-state index in [1.54, 1.807) is 35.2 Å². The number of piperidine rings is 1. The SMILES string of the molecule is N#Cc1cccc(OC2CCN(C(=O)C(C(N)=O)c3ccc(-c4ccccc4)cc3)CC2)c1. The molecule has 0 bridgehead atoms. The van der Waals surface area contributed by atoms with Gasteiger partial charge in [-0.05, 0) is 34.9 Å². The molecular formula is C27H25N3O3. The van der Waals surface area contributed by atoms with Crippen LogP contribution in [-0.2, 0) is 9.59 Å². The minimum Gasteiger partial charge on any atom is -0.490 e. The van der Waals surface area contributed by atoms with Crippen molar-refractivity contribution in [1.29, 1.82) is 5.26 Å². The third-order valence-corrected chi connectivity index (χ3v) is 5.90. The molecule has 2 amide bonds. The van der Waals surface area contributed by atoms with Crippen molar-refractivity contribution in [2.75, 3.05) is 13.1 Å². The summed E-state index contributed by atoms with van der Waals surface area (Å²) >= 11 is 0. The number of rotatable bonds is 6. The van der Waals surface area contributed by atoms with Crippen molar-refractivity contribution in [3.05, 3.63) is 90.0 Å². The zero-order valence-electron chi connectivity index (χ0n) is 18.2. The molecule has 166 valence electrons. The minimum absolute atomic E-state index is 0.0554. The first-order valence-electron chi connectivity index (χ1n) is 11.0. The third-order valence-electron chi connectivity index (χ3n) is 5.90. The van der Waals surface area contributed by atoms with E-state index >= 15 is 0 Å². The maximum Gasteiger partial charge on any atom is 0.239 e. The molecule has 1 fully saturated rings. The second-order valence-electron chi connectivity index (χ2n) is 8.11. The lowest BCUT2D eigenvalue weighted by Gasteiger charge is -2.34. The minimum atomic E-state index is -1.01. The molecule has 4 rings (SSSR count). The molecular weight excluding hydrogens is 414 g/mol. The van der Waals surface area contributed by atoms with Gasteiger partial charge in [0.05, 0.1) is 11.6 Å². The summed E-state index contributed by atoms with van der Waals surface area (Å²) in [5.41, 5.74) is 8.86. The quantitative estimate of drug-likeness (QED) is 0.590. The monoisotopic (exact) mass is 439 g/mol. The number of nitrogens with two attached hydrogens (primary N) is 1. The molecule has 1 saturated heterocycles. The standard InChI is InChI=1S/C27H25N3O3/c28-18-19-5-4-8-24(17-19)33-23-13-15-30(16-14-23)27(32)25(26(29)31)22-11-9-21(10-12-22)20-6-2-1-3-7-20/h1-12,17,23,25H,13-16H2,(H2,29,31). The van der Waals surface area contributed by atoms with Gasteiger partial charge in [-0.1, -0.05) is 60.7 Å². The summed E-state index contributed by atoms with van der Waals surface area (Å²) in [6.07, 6.45) is 1.22. The van der Waals surface area contributed by atoms with Gasteiger partial charge in [0.25, 0.3) is 0 Å². The van der Waals surface area contributed by atoms with Crippen LogP contribution in [-0.4, -0.2) is 35.9 Å². The topological polar surface area (TPSA) is 96.4 Å². The van der Waals surface area contributed by atoms with Gasteiger partial charge in [-0.2, -0.15) is 5.26 Å². The van der Waals surface area contributed by atoms with E-state index in [2.05, 4.69) is 6.07 Å². The highest BCUT2D eigenvalue weighted by atomic mass is 16.5. The van der Waals surface area contributed by atoms with Crippen LogP contribution in [0.15, 0.2) is 78.9 Å². The largest absolute Gasteiger partial charge is 0.490 e. The number of ether oxygens (including phenoxy) is 1. The van der Waals surface area contributed by atoms with E-state index in [0.29, 0.717) is 42.8 Å². The molecule has 33 heavy (non-hydrogen) atoms. The van der Waals surface area contributed by atoms with Gasteiger partial charge < -0.3 is 15.4 Å². The Morgan fingerprint density at radius 1 is 0.939 bits per heavy atom. The van der Waals surface area contributed by atoms with E-state index in [1.165, 1.54) is 0 Å². The lowest BCUT2D eigenvalue weighted by molar-refractivity contribution is -0.138. The predicted octanol–water partition coefficient (Wildman–Crippen LogP) is 3.86. The van der Waals surface area contributed by atoms with Crippen LogP contribution in [0, 0.1) is 11.3 Å². The summed E-state index contributed by atoms with van der Waals surface area (Å²) in [6, 6.07) is 26.5. The summed E-state index contributed by atoms with van der Waals surface area (Å²) < 4.78 is 5.99. The zero-order chi connectivity index (χ0) is 23.2. The van der Waals surface area contributed by atoms with Crippen LogP contribution < -0.4 is 10.5 Å². The molecule has 6 nitrogen and oxygen atoms in total. The predicted molar refractivity (Wildman–Crippen MR) is 125 cm³/mol. The van der Waals surface area contributed by atoms with Crippen molar-refractivity contribution in [3.8, 4) is 22.9 Å². The van der Waals surface area contributed by atoms with Crippen molar-refractivity contribution in [2.45, 2.75) is 24.9 Å². The summed E-state index contributed by atoms with van der Waals surface area (Å²) in [7, 11) is 0. The second-order valence-corrected chi connectivity index (χ2v) is 8.11. The second kappa shape index (κ2) is 10.0. The first-order valence-corrected chi connectivity index (χ1v) is 11.0. The van der Waals surface area contributed by atoms with Crippen molar-refractivity contribution >= 4 is 11.8 Å². The maximum atomic E-state index is 13.2. The van der Waals surface area contributed by atoms with Crippen molar-refractivity contribution < 1.29 is 14.3 Å². The highest BCUT2D eigenvalue weighted by Crippen LogP contribution is 2.26. The molecule has 0 spiro atoms. The average Bonchev–Trinajstić information content (AvgIpc) is 2.85. The van der Waals surface area contributed by atoms with Gasteiger partial charge in [0.2, 0.25) is 11.8 Å². The van der Waals surface area contributed by atoms with E-state index in [1.807, 2.05) is 48.5 Å². The maximum absolute atomic E-state index is 13.2. The van der Waals surface area contributed by atoms with Crippen LogP contribution in [0.4, 0.5) is 0 Å². The molecule has 0 saturated carbocycles. The number of nitrogens with zero attached hydrogens (tertiary/aromatic N) is 2. The van der Waals surface area contributed by atoms with Gasteiger partial charge >= 0.3 is 0 Å². The van der Waals surface area contributed by atoms with Gasteiger partial charge in [0.15, 0.2) is 0 Å². The van der Waals surface area contributed by atoms with E-state index < -0.39 is 11.8 Å². The fourth-order valence-corrected chi connectivity index (χ4v) is 4.14. The van der Waals surface area contributed by atoms with E-state index in [4.69, 9.17) is 15.7 Å². The normalized spacial score (nSPS) is 14.8. The van der Waals surface area contributed by atoms with Gasteiger partial charge in [0, 0.05) is 25.9 Å². The highest BCUT2D eigenvalue weighted by molar-refractivity contribution is 6.05. The van der Waals surface area contributed by atoms with E-state index in [0.717, 1.165) is 11.1 Å². The summed E-state index contributed by atoms with van der Waals surface area (Å²) in [6.45, 7) is 0.959. The molecule has 0 aliphatic carbocycles. The number of hydrogen-bond donors (Lipinski definition) is 1. The van der Waals surface area contributed by atoms with Crippen LogP contribution in [0.2, 0.25) is 0 Å². The number of amides is 2. The van der Waals surface area contributed by atoms with Crippen LogP contribution in [0.3, 0.4) is 0 Å². The highest BCUT2D eigenvalue weighted by Gasteiger charge is 2.33. The smallest absolute Gasteiger partial charge is 0.239 e. The van der Waals surface area contributed by atoms with Crippen LogP contribution in [0.25, 0.3) is 11.1 Å². The molecule has 0 radical (unpaired) electrons. The molecule has 1 aliphatic rings.